The van der Waals surface area contributed by atoms with E-state index in [1.165, 1.54) is 18.1 Å². The van der Waals surface area contributed by atoms with E-state index >= 15 is 0 Å². The molecule has 0 radical (unpaired) electrons. The molecule has 0 aliphatic carbocycles. The fraction of sp³-hybridized carbons (Fsp3) is 0.192. The van der Waals surface area contributed by atoms with Gasteiger partial charge in [-0.3, -0.25) is 0 Å². The molecule has 0 saturated carbocycles. The van der Waals surface area contributed by atoms with Gasteiger partial charge in [-0.2, -0.15) is 0 Å². The first-order valence-corrected chi connectivity index (χ1v) is 10.4. The van der Waals surface area contributed by atoms with Crippen LogP contribution in [0.25, 0.3) is 22.3 Å². The van der Waals surface area contributed by atoms with E-state index in [4.69, 9.17) is 4.74 Å². The molecule has 0 bridgehead atoms. The minimum atomic E-state index is -0.981. The van der Waals surface area contributed by atoms with Gasteiger partial charge in [0.15, 0.2) is 0 Å². The van der Waals surface area contributed by atoms with Crippen LogP contribution in [-0.2, 0) is 4.74 Å². The van der Waals surface area contributed by atoms with Crippen LogP contribution in [0.2, 0.25) is 0 Å². The van der Waals surface area contributed by atoms with Gasteiger partial charge in [-0.05, 0) is 18.4 Å². The Kier molecular flexibility index (Phi) is 6.42. The average Bonchev–Trinajstić information content (AvgIpc) is 2.83. The molecule has 2 atom stereocenters. The molecule has 3 aromatic carbocycles. The predicted octanol–water partition coefficient (Wildman–Crippen LogP) is 6.08. The summed E-state index contributed by atoms with van der Waals surface area (Å²) >= 11 is 0. The normalized spacial score (nSPS) is 18.3. The van der Waals surface area contributed by atoms with Crippen molar-refractivity contribution in [2.24, 2.45) is 0 Å². The van der Waals surface area contributed by atoms with E-state index in [2.05, 4.69) is 14.1 Å². The van der Waals surface area contributed by atoms with Crippen LogP contribution in [0.1, 0.15) is 29.9 Å². The zero-order chi connectivity index (χ0) is 22.8. The predicted molar refractivity (Wildman–Crippen MR) is 121 cm³/mol. The molecule has 1 aliphatic rings. The summed E-state index contributed by atoms with van der Waals surface area (Å²) in [4.78, 5) is 0. The molecule has 32 heavy (non-hydrogen) atoms. The Bertz CT molecular complexity index is 1170. The van der Waals surface area contributed by atoms with Crippen molar-refractivity contribution >= 4 is 13.5 Å². The Balaban J connectivity index is 1.61. The van der Waals surface area contributed by atoms with Gasteiger partial charge in [0.25, 0.3) is 0 Å². The van der Waals surface area contributed by atoms with Crippen molar-refractivity contribution in [1.82, 2.24) is 0 Å². The summed E-state index contributed by atoms with van der Waals surface area (Å²) in [6, 6.07) is 12.3. The van der Waals surface area contributed by atoms with Gasteiger partial charge in [0.05, 0.1) is 12.7 Å². The first-order valence-electron chi connectivity index (χ1n) is 10.4. The molecule has 1 nitrogen and oxygen atoms in total. The number of halogens is 4. The summed E-state index contributed by atoms with van der Waals surface area (Å²) in [6.07, 6.45) is 3.06. The van der Waals surface area contributed by atoms with Crippen molar-refractivity contribution in [3.63, 3.8) is 0 Å². The molecular weight excluding hydrogens is 415 g/mol. The second-order valence-electron chi connectivity index (χ2n) is 7.82. The number of hydrogen-bond donors (Lipinski definition) is 0. The number of rotatable bonds is 5. The molecule has 1 aliphatic heterocycles. The van der Waals surface area contributed by atoms with Crippen molar-refractivity contribution in [2.45, 2.75) is 24.9 Å². The van der Waals surface area contributed by atoms with E-state index in [9.17, 15) is 17.6 Å². The molecule has 1 saturated heterocycles. The molecule has 0 amide bonds. The van der Waals surface area contributed by atoms with Crippen LogP contribution >= 0.6 is 0 Å². The Labute approximate surface area is 185 Å². The molecule has 0 spiro atoms. The Morgan fingerprint density at radius 3 is 1.91 bits per heavy atom. The summed E-state index contributed by atoms with van der Waals surface area (Å²) < 4.78 is 63.9. The van der Waals surface area contributed by atoms with Crippen LogP contribution in [0.3, 0.4) is 0 Å². The van der Waals surface area contributed by atoms with E-state index in [1.807, 2.05) is 0 Å². The topological polar surface area (TPSA) is 9.23 Å². The van der Waals surface area contributed by atoms with Crippen molar-refractivity contribution in [1.29, 1.82) is 0 Å². The van der Waals surface area contributed by atoms with Crippen molar-refractivity contribution in [2.75, 3.05) is 6.61 Å². The first-order chi connectivity index (χ1) is 15.4. The maximum atomic E-state index is 14.9. The molecule has 4 rings (SSSR count). The summed E-state index contributed by atoms with van der Waals surface area (Å²) in [7, 11) is 3.46. The minimum absolute atomic E-state index is 0.0526. The van der Waals surface area contributed by atoms with E-state index in [1.54, 1.807) is 42.5 Å². The SMILES string of the molecule is B=Cc1ccc(-c2ccc(-c3ccc(C4CCC(C=C)OC4)c(F)c3F)cc2)c(F)c1F. The van der Waals surface area contributed by atoms with Crippen LogP contribution in [0.5, 0.6) is 0 Å². The average molecular weight is 436 g/mol. The molecule has 0 aromatic heterocycles. The molecule has 0 N–H and O–H groups in total. The van der Waals surface area contributed by atoms with Gasteiger partial charge in [-0.25, -0.2) is 4.39 Å². The molecule has 2 unspecified atom stereocenters. The van der Waals surface area contributed by atoms with E-state index in [0.717, 1.165) is 0 Å². The molecule has 3 aromatic rings. The van der Waals surface area contributed by atoms with Gasteiger partial charge >= 0.3 is 126 Å². The van der Waals surface area contributed by atoms with E-state index in [0.29, 0.717) is 36.1 Å². The quantitative estimate of drug-likeness (QED) is 0.268. The molecule has 1 fully saturated rings. The second-order valence-corrected chi connectivity index (χ2v) is 7.82. The zero-order valence-electron chi connectivity index (χ0n) is 17.4. The van der Waals surface area contributed by atoms with Gasteiger partial charge in [-0.1, -0.05) is 6.08 Å². The number of benzene rings is 3. The van der Waals surface area contributed by atoms with Crippen LogP contribution in [0.15, 0.2) is 61.2 Å². The molecule has 1 heterocycles. The fourth-order valence-electron chi connectivity index (χ4n) is 4.08. The molecular formula is C26H21BF4O. The summed E-state index contributed by atoms with van der Waals surface area (Å²) in [5, 5.41) is 0. The van der Waals surface area contributed by atoms with Crippen LogP contribution in [0, 0.1) is 23.3 Å². The Morgan fingerprint density at radius 1 is 0.781 bits per heavy atom. The van der Waals surface area contributed by atoms with E-state index < -0.39 is 23.3 Å². The van der Waals surface area contributed by atoms with Crippen molar-refractivity contribution in [3.05, 3.63) is 95.6 Å². The van der Waals surface area contributed by atoms with Gasteiger partial charge in [-0.15, -0.1) is 6.58 Å². The van der Waals surface area contributed by atoms with Gasteiger partial charge in [0, 0.05) is 5.92 Å². The third-order valence-electron chi connectivity index (χ3n) is 5.97. The van der Waals surface area contributed by atoms with Gasteiger partial charge in [0.1, 0.15) is 0 Å². The van der Waals surface area contributed by atoms with Crippen molar-refractivity contribution < 1.29 is 22.3 Å². The molecule has 6 heteroatoms. The summed E-state index contributed by atoms with van der Waals surface area (Å²) in [5.41, 5.74) is 1.42. The number of hydrogen-bond acceptors (Lipinski definition) is 1. The maximum absolute atomic E-state index is 14.9. The fourth-order valence-corrected chi connectivity index (χ4v) is 4.08. The zero-order valence-corrected chi connectivity index (χ0v) is 17.4. The van der Waals surface area contributed by atoms with Crippen LogP contribution in [-0.4, -0.2) is 26.2 Å². The second kappa shape index (κ2) is 9.25. The van der Waals surface area contributed by atoms with Crippen LogP contribution < -0.4 is 0 Å². The van der Waals surface area contributed by atoms with Crippen LogP contribution in [0.4, 0.5) is 17.6 Å². The first kappa shape index (κ1) is 22.2. The summed E-state index contributed by atoms with van der Waals surface area (Å²) in [6.45, 7) is 4.01. The monoisotopic (exact) mass is 436 g/mol. The number of ether oxygens (including phenoxy) is 1. The van der Waals surface area contributed by atoms with Gasteiger partial charge < -0.3 is 4.74 Å². The molecule has 162 valence electrons. The van der Waals surface area contributed by atoms with Crippen molar-refractivity contribution in [3.8, 4) is 22.3 Å². The Morgan fingerprint density at radius 2 is 1.38 bits per heavy atom. The third kappa shape index (κ3) is 4.07. The summed E-state index contributed by atoms with van der Waals surface area (Å²) in [5.74, 6) is -2.75. The standard InChI is InChI=1S/C26H21BF4O/c1-2-19-9-7-18(14-32-19)22-12-11-21(25(30)26(22)31)16-5-3-15(4-6-16)20-10-8-17(13-27)23(28)24(20)29/h2-6,8,10-13,18-19,27H,1,7,9,14H2. The Hall–Kier alpha value is -2.99. The third-order valence-corrected chi connectivity index (χ3v) is 5.97. The van der Waals surface area contributed by atoms with Gasteiger partial charge in [0.2, 0.25) is 0 Å². The van der Waals surface area contributed by atoms with E-state index in [-0.39, 0.29) is 28.7 Å².